The van der Waals surface area contributed by atoms with E-state index >= 15 is 0 Å². The fraction of sp³-hybridized carbons (Fsp3) is 0.600. The van der Waals surface area contributed by atoms with Gasteiger partial charge in [0.1, 0.15) is 5.75 Å². The normalized spacial score (nSPS) is 24.6. The van der Waals surface area contributed by atoms with Gasteiger partial charge >= 0.3 is 0 Å². The highest BCUT2D eigenvalue weighted by Gasteiger charge is 2.26. The lowest BCUT2D eigenvalue weighted by atomic mass is 9.83. The van der Waals surface area contributed by atoms with E-state index in [9.17, 15) is 0 Å². The number of para-hydroxylation sites is 1. The van der Waals surface area contributed by atoms with Gasteiger partial charge in [-0.15, -0.1) is 11.6 Å². The monoisotopic (exact) mass is 252 g/mol. The Hall–Kier alpha value is -0.690. The lowest BCUT2D eigenvalue weighted by Gasteiger charge is -2.28. The van der Waals surface area contributed by atoms with E-state index in [4.69, 9.17) is 16.3 Å². The van der Waals surface area contributed by atoms with Crippen molar-refractivity contribution in [1.82, 2.24) is 0 Å². The van der Waals surface area contributed by atoms with E-state index in [1.807, 2.05) is 6.07 Å². The molecular formula is C15H21ClO. The van der Waals surface area contributed by atoms with Gasteiger partial charge in [-0.25, -0.2) is 0 Å². The van der Waals surface area contributed by atoms with Gasteiger partial charge in [0, 0.05) is 11.3 Å². The van der Waals surface area contributed by atoms with Crippen molar-refractivity contribution in [2.75, 3.05) is 6.61 Å². The fourth-order valence-corrected chi connectivity index (χ4v) is 2.98. The Morgan fingerprint density at radius 1 is 1.24 bits per heavy atom. The van der Waals surface area contributed by atoms with Crippen LogP contribution in [-0.4, -0.2) is 12.0 Å². The van der Waals surface area contributed by atoms with Crippen LogP contribution in [0.1, 0.15) is 50.5 Å². The first kappa shape index (κ1) is 12.8. The van der Waals surface area contributed by atoms with E-state index in [0.717, 1.165) is 25.2 Å². The molecule has 2 unspecified atom stereocenters. The molecule has 0 N–H and O–H groups in total. The quantitative estimate of drug-likeness (QED) is 0.704. The number of hydrogen-bond donors (Lipinski definition) is 0. The van der Waals surface area contributed by atoms with Crippen molar-refractivity contribution in [1.29, 1.82) is 0 Å². The maximum Gasteiger partial charge on any atom is 0.122 e. The first-order valence-electron chi connectivity index (χ1n) is 6.68. The van der Waals surface area contributed by atoms with Gasteiger partial charge in [-0.1, -0.05) is 38.0 Å². The molecule has 17 heavy (non-hydrogen) atoms. The van der Waals surface area contributed by atoms with Crippen LogP contribution in [0.25, 0.3) is 0 Å². The second-order valence-electron chi connectivity index (χ2n) is 4.79. The summed E-state index contributed by atoms with van der Waals surface area (Å²) in [4.78, 5) is 0. The second kappa shape index (κ2) is 6.30. The van der Waals surface area contributed by atoms with Crippen molar-refractivity contribution in [3.05, 3.63) is 29.8 Å². The molecule has 0 aromatic heterocycles. The Labute approximate surface area is 109 Å². The lowest BCUT2D eigenvalue weighted by Crippen LogP contribution is -2.18. The first-order chi connectivity index (χ1) is 8.33. The second-order valence-corrected chi connectivity index (χ2v) is 5.35. The molecule has 1 saturated carbocycles. The molecule has 0 radical (unpaired) electrons. The molecule has 0 aliphatic heterocycles. The van der Waals surface area contributed by atoms with Crippen molar-refractivity contribution >= 4 is 11.6 Å². The molecule has 0 spiro atoms. The average molecular weight is 253 g/mol. The molecule has 0 bridgehead atoms. The molecule has 0 amide bonds. The largest absolute Gasteiger partial charge is 0.493 e. The summed E-state index contributed by atoms with van der Waals surface area (Å²) in [6.07, 6.45) is 5.93. The SMILES string of the molecule is CCCOc1ccccc1C1CCCCC1Cl. The smallest absolute Gasteiger partial charge is 0.122 e. The molecular weight excluding hydrogens is 232 g/mol. The highest BCUT2D eigenvalue weighted by Crippen LogP contribution is 2.40. The zero-order chi connectivity index (χ0) is 12.1. The van der Waals surface area contributed by atoms with Crippen LogP contribution in [0.2, 0.25) is 0 Å². The molecule has 1 fully saturated rings. The Kier molecular flexibility index (Phi) is 4.73. The topological polar surface area (TPSA) is 9.23 Å². The molecule has 2 heteroatoms. The van der Waals surface area contributed by atoms with Crippen LogP contribution in [0.15, 0.2) is 24.3 Å². The summed E-state index contributed by atoms with van der Waals surface area (Å²) >= 11 is 6.47. The van der Waals surface area contributed by atoms with Gasteiger partial charge in [0.25, 0.3) is 0 Å². The predicted molar refractivity (Wildman–Crippen MR) is 73.1 cm³/mol. The van der Waals surface area contributed by atoms with Crippen LogP contribution in [0, 0.1) is 0 Å². The van der Waals surface area contributed by atoms with Crippen LogP contribution in [-0.2, 0) is 0 Å². The number of alkyl halides is 1. The molecule has 1 aliphatic rings. The van der Waals surface area contributed by atoms with Crippen LogP contribution < -0.4 is 4.74 Å². The van der Waals surface area contributed by atoms with Crippen molar-refractivity contribution in [3.8, 4) is 5.75 Å². The fourth-order valence-electron chi connectivity index (χ4n) is 2.57. The Morgan fingerprint density at radius 3 is 2.76 bits per heavy atom. The molecule has 1 aromatic rings. The van der Waals surface area contributed by atoms with Gasteiger partial charge in [0.05, 0.1) is 6.61 Å². The summed E-state index contributed by atoms with van der Waals surface area (Å²) in [5, 5.41) is 0.273. The zero-order valence-electron chi connectivity index (χ0n) is 10.5. The number of rotatable bonds is 4. The Morgan fingerprint density at radius 2 is 2.00 bits per heavy atom. The minimum absolute atomic E-state index is 0.273. The molecule has 1 nitrogen and oxygen atoms in total. The molecule has 2 rings (SSSR count). The molecule has 1 aromatic carbocycles. The van der Waals surface area contributed by atoms with E-state index in [0.29, 0.717) is 5.92 Å². The third-order valence-electron chi connectivity index (χ3n) is 3.46. The maximum absolute atomic E-state index is 6.47. The van der Waals surface area contributed by atoms with Crippen molar-refractivity contribution in [2.24, 2.45) is 0 Å². The summed E-state index contributed by atoms with van der Waals surface area (Å²) < 4.78 is 5.83. The highest BCUT2D eigenvalue weighted by atomic mass is 35.5. The van der Waals surface area contributed by atoms with Crippen molar-refractivity contribution in [3.63, 3.8) is 0 Å². The summed E-state index contributed by atoms with van der Waals surface area (Å²) in [5.74, 6) is 1.50. The van der Waals surface area contributed by atoms with Gasteiger partial charge in [-0.05, 0) is 30.9 Å². The van der Waals surface area contributed by atoms with E-state index in [-0.39, 0.29) is 5.38 Å². The van der Waals surface area contributed by atoms with Gasteiger partial charge in [0.2, 0.25) is 0 Å². The number of halogens is 1. The van der Waals surface area contributed by atoms with E-state index in [1.165, 1.54) is 24.8 Å². The maximum atomic E-state index is 6.47. The lowest BCUT2D eigenvalue weighted by molar-refractivity contribution is 0.308. The number of benzene rings is 1. The molecule has 0 heterocycles. The van der Waals surface area contributed by atoms with Gasteiger partial charge in [-0.3, -0.25) is 0 Å². The van der Waals surface area contributed by atoms with E-state index in [1.54, 1.807) is 0 Å². The third-order valence-corrected chi connectivity index (χ3v) is 3.98. The Bertz CT molecular complexity index is 351. The zero-order valence-corrected chi connectivity index (χ0v) is 11.2. The van der Waals surface area contributed by atoms with Crippen molar-refractivity contribution in [2.45, 2.75) is 50.3 Å². The van der Waals surface area contributed by atoms with Gasteiger partial charge < -0.3 is 4.74 Å². The molecule has 0 saturated heterocycles. The van der Waals surface area contributed by atoms with Gasteiger partial charge in [-0.2, -0.15) is 0 Å². The van der Waals surface area contributed by atoms with Crippen LogP contribution in [0.5, 0.6) is 5.75 Å². The van der Waals surface area contributed by atoms with Crippen LogP contribution in [0.3, 0.4) is 0 Å². The first-order valence-corrected chi connectivity index (χ1v) is 7.12. The van der Waals surface area contributed by atoms with Crippen molar-refractivity contribution < 1.29 is 4.74 Å². The summed E-state index contributed by atoms with van der Waals surface area (Å²) in [5.41, 5.74) is 1.31. The average Bonchev–Trinajstić information content (AvgIpc) is 2.37. The minimum Gasteiger partial charge on any atom is -0.493 e. The molecule has 2 atom stereocenters. The summed E-state index contributed by atoms with van der Waals surface area (Å²) in [6.45, 7) is 2.92. The van der Waals surface area contributed by atoms with E-state index in [2.05, 4.69) is 25.1 Å². The molecule has 1 aliphatic carbocycles. The third kappa shape index (κ3) is 3.16. The predicted octanol–water partition coefficient (Wildman–Crippen LogP) is 4.74. The summed E-state index contributed by atoms with van der Waals surface area (Å²) in [6, 6.07) is 8.38. The Balaban J connectivity index is 2.17. The standard InChI is InChI=1S/C15H21ClO/c1-2-11-17-15-10-6-4-8-13(15)12-7-3-5-9-14(12)16/h4,6,8,10,12,14H,2-3,5,7,9,11H2,1H3. The minimum atomic E-state index is 0.273. The van der Waals surface area contributed by atoms with Gasteiger partial charge in [0.15, 0.2) is 0 Å². The number of ether oxygens (including phenoxy) is 1. The summed E-state index contributed by atoms with van der Waals surface area (Å²) in [7, 11) is 0. The van der Waals surface area contributed by atoms with Crippen LogP contribution >= 0.6 is 11.6 Å². The van der Waals surface area contributed by atoms with E-state index < -0.39 is 0 Å². The highest BCUT2D eigenvalue weighted by molar-refractivity contribution is 6.21. The van der Waals surface area contributed by atoms with Crippen LogP contribution in [0.4, 0.5) is 0 Å². The number of hydrogen-bond acceptors (Lipinski definition) is 1. The molecule has 94 valence electrons.